The Bertz CT molecular complexity index is 262. The molecule has 0 aromatic heterocycles. The Morgan fingerprint density at radius 1 is 1.73 bits per heavy atom. The van der Waals surface area contributed by atoms with Crippen molar-refractivity contribution in [3.63, 3.8) is 0 Å². The van der Waals surface area contributed by atoms with Crippen molar-refractivity contribution in [2.75, 3.05) is 5.75 Å². The molecule has 0 aromatic carbocycles. The zero-order valence-electron chi connectivity index (χ0n) is 7.10. The van der Waals surface area contributed by atoms with Gasteiger partial charge in [-0.3, -0.25) is 5.18 Å². The molecule has 1 atom stereocenters. The highest BCUT2D eigenvalue weighted by molar-refractivity contribution is 7.89. The maximum Gasteiger partial charge on any atom is -0.0223 e. The van der Waals surface area contributed by atoms with Crippen molar-refractivity contribution < 1.29 is 0 Å². The maximum atomic E-state index is 3.63. The molecule has 0 aliphatic carbocycles. The topological polar surface area (TPSA) is 0 Å². The fourth-order valence-electron chi connectivity index (χ4n) is 1.78. The van der Waals surface area contributed by atoms with Gasteiger partial charge in [-0.15, -0.1) is 5.75 Å². The Morgan fingerprint density at radius 3 is 3.45 bits per heavy atom. The van der Waals surface area contributed by atoms with Crippen LogP contribution in [0.3, 0.4) is 0 Å². The van der Waals surface area contributed by atoms with Crippen LogP contribution in [-0.4, -0.2) is 5.75 Å². The summed E-state index contributed by atoms with van der Waals surface area (Å²) in [6.07, 6.45) is 5.32. The molecule has 0 saturated heterocycles. The van der Waals surface area contributed by atoms with Gasteiger partial charge in [0.25, 0.3) is 0 Å². The quantitative estimate of drug-likeness (QED) is 0.527. The van der Waals surface area contributed by atoms with Gasteiger partial charge in [-0.05, 0) is 18.8 Å². The smallest absolute Gasteiger partial charge is 0.0223 e. The first-order valence-electron chi connectivity index (χ1n) is 4.51. The van der Waals surface area contributed by atoms with E-state index in [1.54, 1.807) is 5.57 Å². The molecular weight excluding hydrogens is 152 g/mol. The minimum Gasteiger partial charge on any atom is -0.433 e. The van der Waals surface area contributed by atoms with Crippen molar-refractivity contribution in [3.8, 4) is 5.18 Å². The number of fused-ring (bicyclic) bond motifs is 1. The maximum absolute atomic E-state index is 3.63. The molecule has 2 aliphatic heterocycles. The zero-order chi connectivity index (χ0) is 7.68. The van der Waals surface area contributed by atoms with Gasteiger partial charge in [0.2, 0.25) is 0 Å². The molecule has 2 rings (SSSR count). The molecule has 62 valence electrons. The highest BCUT2D eigenvalue weighted by atomic mass is 32.2. The lowest BCUT2D eigenvalue weighted by Gasteiger charge is -2.15. The van der Waals surface area contributed by atoms with E-state index in [1.165, 1.54) is 31.4 Å². The van der Waals surface area contributed by atoms with Gasteiger partial charge >= 0.3 is 0 Å². The first-order valence-corrected chi connectivity index (χ1v) is 5.97. The minimum atomic E-state index is 0.471. The minimum absolute atomic E-state index is 0.471. The summed E-state index contributed by atoms with van der Waals surface area (Å²) in [4.78, 5) is 0. The Kier molecular flexibility index (Phi) is 2.11. The number of hydrogen-bond donors (Lipinski definition) is 0. The van der Waals surface area contributed by atoms with Crippen molar-refractivity contribution in [1.82, 2.24) is 0 Å². The van der Waals surface area contributed by atoms with Gasteiger partial charge in [0.1, 0.15) is 0 Å². The van der Waals surface area contributed by atoms with Crippen LogP contribution in [0.5, 0.6) is 0 Å². The highest BCUT2D eigenvalue weighted by Crippen LogP contribution is 2.27. The van der Waals surface area contributed by atoms with E-state index >= 15 is 0 Å². The third-order valence-electron chi connectivity index (χ3n) is 2.64. The Labute approximate surface area is 71.3 Å². The second-order valence-electron chi connectivity index (χ2n) is 3.49. The van der Waals surface area contributed by atoms with Crippen LogP contribution < -0.4 is 0 Å². The standard InChI is InChI=1S/C10H15S/c1-2-9-3-5-11-6-4-10(7-9)8-11/h8-9H,2-4,6-7H2,1H3/q-1. The summed E-state index contributed by atoms with van der Waals surface area (Å²) < 4.78 is 0. The fraction of sp³-hybridized carbons (Fsp3) is 0.700. The molecule has 0 radical (unpaired) electrons. The van der Waals surface area contributed by atoms with Crippen LogP contribution in [0.4, 0.5) is 0 Å². The SMILES string of the molecule is CCC1CC#[S-]2C=C(CC2)C1. The molecule has 2 aliphatic rings. The predicted octanol–water partition coefficient (Wildman–Crippen LogP) is 2.67. The molecule has 2 bridgehead atoms. The fourth-order valence-corrected chi connectivity index (χ4v) is 3.67. The van der Waals surface area contributed by atoms with E-state index in [1.807, 2.05) is 0 Å². The molecule has 0 spiro atoms. The van der Waals surface area contributed by atoms with E-state index in [0.717, 1.165) is 5.92 Å². The lowest BCUT2D eigenvalue weighted by atomic mass is 9.94. The van der Waals surface area contributed by atoms with Crippen LogP contribution in [0, 0.1) is 11.1 Å². The van der Waals surface area contributed by atoms with Gasteiger partial charge in [0, 0.05) is 0 Å². The molecule has 0 aromatic rings. The van der Waals surface area contributed by atoms with Gasteiger partial charge < -0.3 is 10.3 Å². The summed E-state index contributed by atoms with van der Waals surface area (Å²) in [6, 6.07) is 0. The van der Waals surface area contributed by atoms with Crippen LogP contribution in [0.15, 0.2) is 11.0 Å². The van der Waals surface area contributed by atoms with Gasteiger partial charge in [0.05, 0.1) is 0 Å². The number of hydrogen-bond acceptors (Lipinski definition) is 1. The lowest BCUT2D eigenvalue weighted by Crippen LogP contribution is -2.00. The molecule has 1 unspecified atom stereocenters. The summed E-state index contributed by atoms with van der Waals surface area (Å²) in [5, 5.41) is 6.11. The second kappa shape index (κ2) is 3.08. The lowest BCUT2D eigenvalue weighted by molar-refractivity contribution is 0.515. The summed E-state index contributed by atoms with van der Waals surface area (Å²) in [5.74, 6) is 2.30. The van der Waals surface area contributed by atoms with Crippen LogP contribution in [0.25, 0.3) is 0 Å². The van der Waals surface area contributed by atoms with Crippen LogP contribution in [0.1, 0.15) is 32.6 Å². The van der Waals surface area contributed by atoms with Crippen LogP contribution >= 0.6 is 0 Å². The van der Waals surface area contributed by atoms with Crippen molar-refractivity contribution in [2.24, 2.45) is 5.92 Å². The van der Waals surface area contributed by atoms with Gasteiger partial charge in [0.15, 0.2) is 0 Å². The normalized spacial score (nSPS) is 30.3. The molecule has 0 fully saturated rings. The summed E-state index contributed by atoms with van der Waals surface area (Å²) in [6.45, 7) is 2.30. The van der Waals surface area contributed by atoms with Gasteiger partial charge in [-0.25, -0.2) is 0 Å². The Hall–Kier alpha value is -0.130. The molecular formula is C10H15S-. The summed E-state index contributed by atoms with van der Waals surface area (Å²) in [7, 11) is 0.471. The molecule has 2 heterocycles. The monoisotopic (exact) mass is 167 g/mol. The predicted molar refractivity (Wildman–Crippen MR) is 51.8 cm³/mol. The molecule has 1 heteroatoms. The molecule has 0 N–H and O–H groups in total. The third kappa shape index (κ3) is 1.55. The molecule has 11 heavy (non-hydrogen) atoms. The van der Waals surface area contributed by atoms with Crippen molar-refractivity contribution >= 4 is 10.3 Å². The van der Waals surface area contributed by atoms with Crippen molar-refractivity contribution in [3.05, 3.63) is 11.0 Å². The number of allylic oxidation sites excluding steroid dienone is 1. The summed E-state index contributed by atoms with van der Waals surface area (Å²) in [5.41, 5.74) is 1.73. The van der Waals surface area contributed by atoms with E-state index < -0.39 is 0 Å². The summed E-state index contributed by atoms with van der Waals surface area (Å²) >= 11 is 0. The van der Waals surface area contributed by atoms with E-state index in [2.05, 4.69) is 17.5 Å². The first-order chi connectivity index (χ1) is 5.38. The largest absolute Gasteiger partial charge is 0.433 e. The van der Waals surface area contributed by atoms with Crippen molar-refractivity contribution in [1.29, 1.82) is 0 Å². The molecule has 0 nitrogen and oxygen atoms in total. The van der Waals surface area contributed by atoms with Crippen molar-refractivity contribution in [2.45, 2.75) is 32.6 Å². The second-order valence-corrected chi connectivity index (χ2v) is 5.28. The van der Waals surface area contributed by atoms with Gasteiger partial charge in [-0.2, -0.15) is 5.41 Å². The van der Waals surface area contributed by atoms with Gasteiger partial charge in [-0.1, -0.05) is 25.3 Å². The Morgan fingerprint density at radius 2 is 2.64 bits per heavy atom. The molecule has 0 amide bonds. The highest BCUT2D eigenvalue weighted by Gasteiger charge is 2.09. The van der Waals surface area contributed by atoms with Crippen LogP contribution in [0.2, 0.25) is 0 Å². The van der Waals surface area contributed by atoms with E-state index in [4.69, 9.17) is 0 Å². The number of rotatable bonds is 1. The first kappa shape index (κ1) is 7.52. The zero-order valence-corrected chi connectivity index (χ0v) is 7.91. The van der Waals surface area contributed by atoms with E-state index in [-0.39, 0.29) is 0 Å². The van der Waals surface area contributed by atoms with Crippen LogP contribution in [-0.2, 0) is 10.3 Å². The van der Waals surface area contributed by atoms with E-state index in [9.17, 15) is 0 Å². The average Bonchev–Trinajstić information content (AvgIpc) is 2.31. The van der Waals surface area contributed by atoms with E-state index in [0.29, 0.717) is 10.3 Å². The Balaban J connectivity index is 2.19. The third-order valence-corrected chi connectivity index (χ3v) is 4.44. The average molecular weight is 167 g/mol. The molecule has 0 saturated carbocycles.